The predicted octanol–water partition coefficient (Wildman–Crippen LogP) is 1.94. The van der Waals surface area contributed by atoms with E-state index in [-0.39, 0.29) is 30.7 Å². The second-order valence-electron chi connectivity index (χ2n) is 5.19. The second-order valence-corrected chi connectivity index (χ2v) is 5.19. The van der Waals surface area contributed by atoms with Crippen LogP contribution in [0.3, 0.4) is 0 Å². The molecule has 5 nitrogen and oxygen atoms in total. The molecule has 0 aromatic heterocycles. The Hall–Kier alpha value is -1.75. The van der Waals surface area contributed by atoms with Crippen molar-refractivity contribution in [2.24, 2.45) is 5.92 Å². The molecule has 0 bridgehead atoms. The summed E-state index contributed by atoms with van der Waals surface area (Å²) in [5.74, 6) is -0.328. The van der Waals surface area contributed by atoms with Crippen molar-refractivity contribution in [1.29, 1.82) is 0 Å². The van der Waals surface area contributed by atoms with Crippen LogP contribution in [0.2, 0.25) is 0 Å². The van der Waals surface area contributed by atoms with E-state index in [1.54, 1.807) is 24.3 Å². The molecule has 1 atom stereocenters. The van der Waals surface area contributed by atoms with Gasteiger partial charge in [0.05, 0.1) is 13.5 Å². The van der Waals surface area contributed by atoms with Gasteiger partial charge in [0.2, 0.25) is 5.91 Å². The van der Waals surface area contributed by atoms with Gasteiger partial charge in [0, 0.05) is 5.69 Å². The maximum absolute atomic E-state index is 12.0. The van der Waals surface area contributed by atoms with Crippen LogP contribution in [-0.2, 0) is 20.7 Å². The van der Waals surface area contributed by atoms with Gasteiger partial charge >= 0.3 is 5.97 Å². The van der Waals surface area contributed by atoms with Gasteiger partial charge in [0.1, 0.15) is 6.04 Å². The lowest BCUT2D eigenvalue weighted by Gasteiger charge is -2.18. The fraction of sp³-hybridized carbons (Fsp3) is 0.467. The molecule has 0 aliphatic carbocycles. The Labute approximate surface area is 131 Å². The highest BCUT2D eigenvalue weighted by molar-refractivity contribution is 5.86. The Morgan fingerprint density at radius 1 is 1.24 bits per heavy atom. The predicted molar refractivity (Wildman–Crippen MR) is 85.2 cm³/mol. The number of nitrogens with two attached hydrogens (primary N) is 1. The highest BCUT2D eigenvalue weighted by Crippen LogP contribution is 2.09. The van der Waals surface area contributed by atoms with Gasteiger partial charge in [-0.25, -0.2) is 4.79 Å². The molecular formula is C15H23ClN2O3. The van der Waals surface area contributed by atoms with E-state index in [0.29, 0.717) is 12.1 Å². The van der Waals surface area contributed by atoms with Crippen LogP contribution in [0, 0.1) is 5.92 Å². The summed E-state index contributed by atoms with van der Waals surface area (Å²) in [6.07, 6.45) is 0.770. The van der Waals surface area contributed by atoms with Gasteiger partial charge < -0.3 is 15.8 Å². The molecule has 1 rings (SSSR count). The molecule has 3 N–H and O–H groups in total. The van der Waals surface area contributed by atoms with Crippen LogP contribution in [-0.4, -0.2) is 25.0 Å². The number of nitrogen functional groups attached to an aromatic ring is 1. The lowest BCUT2D eigenvalue weighted by molar-refractivity contribution is -0.145. The van der Waals surface area contributed by atoms with Gasteiger partial charge in [-0.2, -0.15) is 0 Å². The third kappa shape index (κ3) is 6.99. The molecule has 118 valence electrons. The molecular weight excluding hydrogens is 292 g/mol. The van der Waals surface area contributed by atoms with E-state index in [1.165, 1.54) is 7.11 Å². The van der Waals surface area contributed by atoms with Crippen molar-refractivity contribution >= 4 is 30.0 Å². The van der Waals surface area contributed by atoms with E-state index in [9.17, 15) is 9.59 Å². The number of ether oxygens (including phenoxy) is 1. The number of anilines is 1. The van der Waals surface area contributed by atoms with Crippen molar-refractivity contribution in [3.8, 4) is 0 Å². The molecule has 6 heteroatoms. The molecule has 1 aromatic rings. The Morgan fingerprint density at radius 2 is 1.81 bits per heavy atom. The molecule has 0 radical (unpaired) electrons. The number of benzene rings is 1. The third-order valence-electron chi connectivity index (χ3n) is 2.87. The highest BCUT2D eigenvalue weighted by atomic mass is 35.5. The normalized spacial score (nSPS) is 11.4. The minimum absolute atomic E-state index is 0. The number of carbonyl (C=O) groups excluding carboxylic acids is 2. The van der Waals surface area contributed by atoms with E-state index >= 15 is 0 Å². The number of nitrogens with one attached hydrogen (secondary N) is 1. The maximum Gasteiger partial charge on any atom is 0.328 e. The number of carbonyl (C=O) groups is 2. The average Bonchev–Trinajstić information content (AvgIpc) is 2.39. The van der Waals surface area contributed by atoms with Gasteiger partial charge in [-0.05, 0) is 30.0 Å². The fourth-order valence-corrected chi connectivity index (χ4v) is 1.89. The molecule has 0 fully saturated rings. The molecule has 0 aliphatic heterocycles. The number of amides is 1. The summed E-state index contributed by atoms with van der Waals surface area (Å²) >= 11 is 0. The minimum Gasteiger partial charge on any atom is -0.467 e. The zero-order chi connectivity index (χ0) is 15.1. The summed E-state index contributed by atoms with van der Waals surface area (Å²) in [4.78, 5) is 23.6. The van der Waals surface area contributed by atoms with Crippen LogP contribution in [0.1, 0.15) is 25.8 Å². The van der Waals surface area contributed by atoms with E-state index < -0.39 is 12.0 Å². The number of rotatable bonds is 6. The van der Waals surface area contributed by atoms with Crippen LogP contribution < -0.4 is 11.1 Å². The Bertz CT molecular complexity index is 460. The van der Waals surface area contributed by atoms with Gasteiger partial charge in [-0.15, -0.1) is 12.4 Å². The van der Waals surface area contributed by atoms with Crippen molar-refractivity contribution < 1.29 is 14.3 Å². The largest absolute Gasteiger partial charge is 0.467 e. The van der Waals surface area contributed by atoms with Gasteiger partial charge in [0.15, 0.2) is 0 Å². The number of halogens is 1. The van der Waals surface area contributed by atoms with Crippen molar-refractivity contribution in [3.05, 3.63) is 29.8 Å². The molecule has 0 aliphatic rings. The topological polar surface area (TPSA) is 81.4 Å². The molecule has 1 aromatic carbocycles. The molecule has 21 heavy (non-hydrogen) atoms. The number of methoxy groups -OCH3 is 1. The zero-order valence-electron chi connectivity index (χ0n) is 12.6. The lowest BCUT2D eigenvalue weighted by Crippen LogP contribution is -2.43. The van der Waals surface area contributed by atoms with Crippen molar-refractivity contribution in [2.75, 3.05) is 12.8 Å². The number of esters is 1. The van der Waals surface area contributed by atoms with Gasteiger partial charge in [-0.1, -0.05) is 26.0 Å². The zero-order valence-corrected chi connectivity index (χ0v) is 13.4. The summed E-state index contributed by atoms with van der Waals surface area (Å²) < 4.78 is 4.71. The monoisotopic (exact) mass is 314 g/mol. The molecule has 0 heterocycles. The smallest absolute Gasteiger partial charge is 0.328 e. The molecule has 0 saturated heterocycles. The minimum atomic E-state index is -0.596. The van der Waals surface area contributed by atoms with Crippen LogP contribution in [0.4, 0.5) is 5.69 Å². The molecule has 0 spiro atoms. The van der Waals surface area contributed by atoms with E-state index in [4.69, 9.17) is 10.5 Å². The first-order valence-corrected chi connectivity index (χ1v) is 6.64. The first kappa shape index (κ1) is 19.2. The summed E-state index contributed by atoms with van der Waals surface area (Å²) in [7, 11) is 1.32. The van der Waals surface area contributed by atoms with Crippen molar-refractivity contribution in [1.82, 2.24) is 5.32 Å². The third-order valence-corrected chi connectivity index (χ3v) is 2.87. The van der Waals surface area contributed by atoms with Crippen LogP contribution in [0.5, 0.6) is 0 Å². The number of hydrogen-bond donors (Lipinski definition) is 2. The van der Waals surface area contributed by atoms with E-state index in [1.807, 2.05) is 13.8 Å². The van der Waals surface area contributed by atoms with E-state index in [2.05, 4.69) is 5.32 Å². The molecule has 0 saturated carbocycles. The van der Waals surface area contributed by atoms with Crippen LogP contribution in [0.25, 0.3) is 0 Å². The van der Waals surface area contributed by atoms with E-state index in [0.717, 1.165) is 5.56 Å². The summed E-state index contributed by atoms with van der Waals surface area (Å²) in [6.45, 7) is 3.98. The fourth-order valence-electron chi connectivity index (χ4n) is 1.89. The molecule has 1 unspecified atom stereocenters. The summed E-state index contributed by atoms with van der Waals surface area (Å²) in [5.41, 5.74) is 7.09. The Morgan fingerprint density at radius 3 is 2.29 bits per heavy atom. The highest BCUT2D eigenvalue weighted by Gasteiger charge is 2.22. The summed E-state index contributed by atoms with van der Waals surface area (Å²) in [5, 5.41) is 2.72. The standard InChI is InChI=1S/C15H22N2O3.ClH/c1-10(2)8-13(15(19)20-3)17-14(18)9-11-4-6-12(16)7-5-11;/h4-7,10,13H,8-9,16H2,1-3H3,(H,17,18);1H. The Balaban J connectivity index is 0.00000400. The van der Waals surface area contributed by atoms with Gasteiger partial charge in [-0.3, -0.25) is 4.79 Å². The lowest BCUT2D eigenvalue weighted by atomic mass is 10.0. The van der Waals surface area contributed by atoms with Crippen LogP contribution in [0.15, 0.2) is 24.3 Å². The first-order chi connectivity index (χ1) is 9.42. The van der Waals surface area contributed by atoms with Crippen molar-refractivity contribution in [3.63, 3.8) is 0 Å². The Kier molecular flexibility index (Phi) is 8.47. The molecule has 1 amide bonds. The SMILES string of the molecule is COC(=O)C(CC(C)C)NC(=O)Cc1ccc(N)cc1.Cl. The van der Waals surface area contributed by atoms with Gasteiger partial charge in [0.25, 0.3) is 0 Å². The number of hydrogen-bond acceptors (Lipinski definition) is 4. The van der Waals surface area contributed by atoms with Crippen molar-refractivity contribution in [2.45, 2.75) is 32.7 Å². The summed E-state index contributed by atoms with van der Waals surface area (Å²) in [6, 6.07) is 6.49. The average molecular weight is 315 g/mol. The second kappa shape index (κ2) is 9.23. The quantitative estimate of drug-likeness (QED) is 0.621. The first-order valence-electron chi connectivity index (χ1n) is 6.64. The van der Waals surface area contributed by atoms with Crippen LogP contribution >= 0.6 is 12.4 Å². The maximum atomic E-state index is 12.0.